The van der Waals surface area contributed by atoms with Crippen LogP contribution in [0.2, 0.25) is 0 Å². The van der Waals surface area contributed by atoms with Crippen molar-refractivity contribution >= 4 is 27.4 Å². The minimum absolute atomic E-state index is 0.781. The second-order valence-corrected chi connectivity index (χ2v) is 5.80. The molecule has 0 aliphatic heterocycles. The van der Waals surface area contributed by atoms with E-state index in [1.165, 1.54) is 28.7 Å². The summed E-state index contributed by atoms with van der Waals surface area (Å²) in [7, 11) is 0. The Morgan fingerprint density at radius 3 is 2.74 bits per heavy atom. The lowest BCUT2D eigenvalue weighted by molar-refractivity contribution is 0.910. The number of anilines is 1. The predicted molar refractivity (Wildman–Crippen MR) is 82.0 cm³/mol. The highest BCUT2D eigenvalue weighted by Crippen LogP contribution is 2.39. The smallest absolute Gasteiger partial charge is 0.141 e. The normalized spacial score (nSPS) is 13.5. The Hall–Kier alpha value is -1.68. The Morgan fingerprint density at radius 1 is 1.21 bits per heavy atom. The molecule has 0 saturated carbocycles. The summed E-state index contributed by atoms with van der Waals surface area (Å²) in [4.78, 5) is 13.8. The number of hydrogen-bond acceptors (Lipinski definition) is 4. The van der Waals surface area contributed by atoms with Crippen molar-refractivity contribution in [3.05, 3.63) is 42.1 Å². The number of aryl methyl sites for hydroxylation is 2. The highest BCUT2D eigenvalue weighted by Gasteiger charge is 2.22. The first-order valence-electron chi connectivity index (χ1n) is 6.57. The first-order chi connectivity index (χ1) is 9.35. The molecule has 0 radical (unpaired) electrons. The zero-order chi connectivity index (χ0) is 13.2. The molecule has 0 unspecified atom stereocenters. The van der Waals surface area contributed by atoms with Crippen LogP contribution >= 0.6 is 11.3 Å². The second kappa shape index (κ2) is 5.13. The molecule has 19 heavy (non-hydrogen) atoms. The third-order valence-corrected chi connectivity index (χ3v) is 4.68. The molecule has 0 N–H and O–H groups in total. The van der Waals surface area contributed by atoms with Crippen molar-refractivity contribution in [3.63, 3.8) is 0 Å². The molecule has 0 aromatic carbocycles. The molecule has 1 aliphatic carbocycles. The lowest BCUT2D eigenvalue weighted by Crippen LogP contribution is -2.24. The van der Waals surface area contributed by atoms with Crippen molar-refractivity contribution in [2.45, 2.75) is 19.3 Å². The Kier molecular flexibility index (Phi) is 3.34. The van der Waals surface area contributed by atoms with Crippen LogP contribution in [-0.4, -0.2) is 23.1 Å². The van der Waals surface area contributed by atoms with Crippen LogP contribution in [0.15, 0.2) is 31.6 Å². The molecule has 0 spiro atoms. The molecule has 2 aromatic heterocycles. The molecule has 1 aliphatic rings. The van der Waals surface area contributed by atoms with Crippen LogP contribution < -0.4 is 4.90 Å². The van der Waals surface area contributed by atoms with Gasteiger partial charge in [-0.05, 0) is 24.8 Å². The maximum atomic E-state index is 4.52. The summed E-state index contributed by atoms with van der Waals surface area (Å²) < 4.78 is 0. The average molecular weight is 271 g/mol. The van der Waals surface area contributed by atoms with E-state index >= 15 is 0 Å². The van der Waals surface area contributed by atoms with Gasteiger partial charge in [0.2, 0.25) is 0 Å². The number of fused-ring (bicyclic) bond motifs is 3. The number of hydrogen-bond donors (Lipinski definition) is 0. The summed E-state index contributed by atoms with van der Waals surface area (Å²) in [6, 6.07) is 0. The minimum Gasteiger partial charge on any atom is -0.349 e. The van der Waals surface area contributed by atoms with Gasteiger partial charge in [0, 0.05) is 18.0 Å². The van der Waals surface area contributed by atoms with Crippen LogP contribution in [0.3, 0.4) is 0 Å². The fourth-order valence-electron chi connectivity index (χ4n) is 2.71. The largest absolute Gasteiger partial charge is 0.349 e. The molecule has 98 valence electrons. The van der Waals surface area contributed by atoms with E-state index in [1.807, 2.05) is 23.5 Å². The van der Waals surface area contributed by atoms with Crippen LogP contribution in [0.1, 0.15) is 16.9 Å². The Labute approximate surface area is 117 Å². The highest BCUT2D eigenvalue weighted by atomic mass is 32.1. The molecule has 2 heterocycles. The van der Waals surface area contributed by atoms with E-state index in [-0.39, 0.29) is 0 Å². The molecule has 0 saturated heterocycles. The van der Waals surface area contributed by atoms with Gasteiger partial charge in [-0.1, -0.05) is 12.2 Å². The Balaban J connectivity index is 2.16. The van der Waals surface area contributed by atoms with Gasteiger partial charge in [-0.3, -0.25) is 0 Å². The van der Waals surface area contributed by atoms with Crippen LogP contribution in [0, 0.1) is 0 Å². The van der Waals surface area contributed by atoms with Gasteiger partial charge < -0.3 is 4.90 Å². The van der Waals surface area contributed by atoms with Gasteiger partial charge in [0.1, 0.15) is 17.0 Å². The van der Waals surface area contributed by atoms with Gasteiger partial charge in [-0.25, -0.2) is 9.97 Å². The van der Waals surface area contributed by atoms with Crippen LogP contribution in [0.4, 0.5) is 5.82 Å². The molecule has 0 atom stereocenters. The fourth-order valence-corrected chi connectivity index (χ4v) is 3.93. The van der Waals surface area contributed by atoms with Crippen molar-refractivity contribution in [1.29, 1.82) is 0 Å². The van der Waals surface area contributed by atoms with Crippen molar-refractivity contribution in [1.82, 2.24) is 9.97 Å². The summed E-state index contributed by atoms with van der Waals surface area (Å²) in [6.45, 7) is 9.22. The topological polar surface area (TPSA) is 29.0 Å². The zero-order valence-corrected chi connectivity index (χ0v) is 11.7. The van der Waals surface area contributed by atoms with Gasteiger partial charge in [0.25, 0.3) is 0 Å². The number of thiophene rings is 1. The standard InChI is InChI=1S/C15H17N3S/c1-3-8-18(9-4-2)14-13-11-6-5-7-12(11)19-15(13)17-10-16-14/h3-4,10H,1-2,5-9H2. The molecule has 3 rings (SSSR count). The van der Waals surface area contributed by atoms with Crippen LogP contribution in [0.5, 0.6) is 0 Å². The first kappa shape index (κ1) is 12.4. The van der Waals surface area contributed by atoms with E-state index < -0.39 is 0 Å². The first-order valence-corrected chi connectivity index (χ1v) is 7.38. The van der Waals surface area contributed by atoms with E-state index in [4.69, 9.17) is 0 Å². The second-order valence-electron chi connectivity index (χ2n) is 4.72. The van der Waals surface area contributed by atoms with Gasteiger partial charge in [0.05, 0.1) is 5.39 Å². The molecule has 4 heteroatoms. The summed E-state index contributed by atoms with van der Waals surface area (Å²) in [5.74, 6) is 1.03. The number of rotatable bonds is 5. The SMILES string of the molecule is C=CCN(CC=C)c1ncnc2sc3c(c12)CCC3. The predicted octanol–water partition coefficient (Wildman–Crippen LogP) is 3.36. The summed E-state index contributed by atoms with van der Waals surface area (Å²) in [6.07, 6.45) is 9.09. The van der Waals surface area contributed by atoms with Crippen molar-refractivity contribution in [2.24, 2.45) is 0 Å². The summed E-state index contributed by atoms with van der Waals surface area (Å²) in [5, 5.41) is 1.25. The quantitative estimate of drug-likeness (QED) is 0.781. The maximum absolute atomic E-state index is 4.52. The fraction of sp³-hybridized carbons (Fsp3) is 0.333. The highest BCUT2D eigenvalue weighted by molar-refractivity contribution is 7.19. The Morgan fingerprint density at radius 2 is 2.00 bits per heavy atom. The number of nitrogens with zero attached hydrogens (tertiary/aromatic N) is 3. The molecular formula is C15H17N3S. The van der Waals surface area contributed by atoms with E-state index in [2.05, 4.69) is 28.0 Å². The minimum atomic E-state index is 0.781. The third-order valence-electron chi connectivity index (χ3n) is 3.48. The van der Waals surface area contributed by atoms with Crippen molar-refractivity contribution in [2.75, 3.05) is 18.0 Å². The molecule has 0 fully saturated rings. The van der Waals surface area contributed by atoms with E-state index in [9.17, 15) is 0 Å². The van der Waals surface area contributed by atoms with Gasteiger partial charge >= 0.3 is 0 Å². The number of aromatic nitrogens is 2. The van der Waals surface area contributed by atoms with Gasteiger partial charge in [-0.15, -0.1) is 24.5 Å². The molecule has 2 aromatic rings. The van der Waals surface area contributed by atoms with Gasteiger partial charge in [-0.2, -0.15) is 0 Å². The monoisotopic (exact) mass is 271 g/mol. The zero-order valence-electron chi connectivity index (χ0n) is 10.9. The van der Waals surface area contributed by atoms with Crippen LogP contribution in [-0.2, 0) is 12.8 Å². The van der Waals surface area contributed by atoms with Crippen molar-refractivity contribution < 1.29 is 0 Å². The Bertz CT molecular complexity index is 620. The lowest BCUT2D eigenvalue weighted by Gasteiger charge is -2.21. The van der Waals surface area contributed by atoms with E-state index in [1.54, 1.807) is 6.33 Å². The third kappa shape index (κ3) is 2.06. The summed E-state index contributed by atoms with van der Waals surface area (Å²) in [5.41, 5.74) is 1.47. The molecular weight excluding hydrogens is 254 g/mol. The van der Waals surface area contributed by atoms with E-state index in [0.717, 1.165) is 30.2 Å². The average Bonchev–Trinajstić information content (AvgIpc) is 2.98. The molecule has 3 nitrogen and oxygen atoms in total. The lowest BCUT2D eigenvalue weighted by atomic mass is 10.2. The maximum Gasteiger partial charge on any atom is 0.141 e. The van der Waals surface area contributed by atoms with Gasteiger partial charge in [0.15, 0.2) is 0 Å². The summed E-state index contributed by atoms with van der Waals surface area (Å²) >= 11 is 1.82. The van der Waals surface area contributed by atoms with Crippen LogP contribution in [0.25, 0.3) is 10.2 Å². The van der Waals surface area contributed by atoms with E-state index in [0.29, 0.717) is 0 Å². The molecule has 0 amide bonds. The van der Waals surface area contributed by atoms with Crippen molar-refractivity contribution in [3.8, 4) is 0 Å². The molecule has 0 bridgehead atoms.